The van der Waals surface area contributed by atoms with Crippen LogP contribution in [0.4, 0.5) is 11.4 Å². The number of piperazine rings is 1. The molecule has 2 rings (SSSR count). The van der Waals surface area contributed by atoms with E-state index in [1.807, 2.05) is 12.1 Å². The van der Waals surface area contributed by atoms with E-state index in [0.29, 0.717) is 5.69 Å². The van der Waals surface area contributed by atoms with Crippen LogP contribution in [0.25, 0.3) is 0 Å². The minimum Gasteiger partial charge on any atom is -0.395 e. The molecule has 1 saturated heterocycles. The van der Waals surface area contributed by atoms with Gasteiger partial charge in [-0.25, -0.2) is 0 Å². The fourth-order valence-corrected chi connectivity index (χ4v) is 2.10. The Balaban J connectivity index is 0.00000162. The lowest BCUT2D eigenvalue weighted by molar-refractivity contribution is 0.189. The van der Waals surface area contributed by atoms with E-state index in [-0.39, 0.29) is 31.4 Å². The van der Waals surface area contributed by atoms with Crippen molar-refractivity contribution < 1.29 is 5.11 Å². The summed E-state index contributed by atoms with van der Waals surface area (Å²) in [7, 11) is 0. The summed E-state index contributed by atoms with van der Waals surface area (Å²) >= 11 is 0. The molecule has 1 aromatic rings. The molecule has 0 radical (unpaired) electrons. The minimum absolute atomic E-state index is 0. The van der Waals surface area contributed by atoms with E-state index in [1.165, 1.54) is 0 Å². The Bertz CT molecular complexity index is 368. The first kappa shape index (κ1) is 18.1. The molecule has 1 aliphatic rings. The summed E-state index contributed by atoms with van der Waals surface area (Å²) in [5.74, 6) is 0. The van der Waals surface area contributed by atoms with Crippen LogP contribution in [0, 0.1) is 4.91 Å². The molecule has 0 unspecified atom stereocenters. The Morgan fingerprint density at radius 2 is 1.63 bits per heavy atom. The van der Waals surface area contributed by atoms with Crippen molar-refractivity contribution in [2.24, 2.45) is 5.18 Å². The molecule has 0 bridgehead atoms. The molecule has 0 amide bonds. The summed E-state index contributed by atoms with van der Waals surface area (Å²) in [6.45, 7) is 4.81. The van der Waals surface area contributed by atoms with Gasteiger partial charge in [-0.05, 0) is 29.4 Å². The molecular formula is C12H19Cl2N3O2. The Morgan fingerprint density at radius 1 is 1.05 bits per heavy atom. The summed E-state index contributed by atoms with van der Waals surface area (Å²) in [4.78, 5) is 14.8. The van der Waals surface area contributed by atoms with Gasteiger partial charge in [-0.3, -0.25) is 4.90 Å². The van der Waals surface area contributed by atoms with Gasteiger partial charge in [0.15, 0.2) is 0 Å². The molecule has 108 valence electrons. The highest BCUT2D eigenvalue weighted by Gasteiger charge is 2.16. The van der Waals surface area contributed by atoms with Crippen LogP contribution in [0.5, 0.6) is 0 Å². The van der Waals surface area contributed by atoms with Gasteiger partial charge in [0.1, 0.15) is 5.69 Å². The fraction of sp³-hybridized carbons (Fsp3) is 0.500. The third-order valence-corrected chi connectivity index (χ3v) is 3.11. The van der Waals surface area contributed by atoms with Crippen molar-refractivity contribution in [3.63, 3.8) is 0 Å². The first-order valence-electron chi connectivity index (χ1n) is 5.85. The quantitative estimate of drug-likeness (QED) is 0.865. The second-order valence-corrected chi connectivity index (χ2v) is 4.16. The average Bonchev–Trinajstić information content (AvgIpc) is 2.40. The zero-order chi connectivity index (χ0) is 12.1. The number of nitrogens with zero attached hydrogens (tertiary/aromatic N) is 3. The van der Waals surface area contributed by atoms with E-state index in [0.717, 1.165) is 38.4 Å². The first-order valence-corrected chi connectivity index (χ1v) is 5.85. The molecule has 0 aliphatic carbocycles. The number of halogens is 2. The minimum atomic E-state index is 0. The largest absolute Gasteiger partial charge is 0.395 e. The molecule has 19 heavy (non-hydrogen) atoms. The van der Waals surface area contributed by atoms with Crippen molar-refractivity contribution in [3.8, 4) is 0 Å². The molecule has 7 heteroatoms. The van der Waals surface area contributed by atoms with E-state index in [4.69, 9.17) is 5.11 Å². The lowest BCUT2D eigenvalue weighted by Gasteiger charge is -2.35. The van der Waals surface area contributed by atoms with Crippen LogP contribution in [0.1, 0.15) is 0 Å². The molecule has 1 heterocycles. The average molecular weight is 308 g/mol. The van der Waals surface area contributed by atoms with Crippen molar-refractivity contribution >= 4 is 36.2 Å². The molecule has 0 spiro atoms. The van der Waals surface area contributed by atoms with Crippen molar-refractivity contribution in [3.05, 3.63) is 29.2 Å². The van der Waals surface area contributed by atoms with Gasteiger partial charge in [-0.2, -0.15) is 0 Å². The zero-order valence-corrected chi connectivity index (χ0v) is 12.2. The van der Waals surface area contributed by atoms with Crippen LogP contribution in [0.3, 0.4) is 0 Å². The van der Waals surface area contributed by atoms with E-state index < -0.39 is 0 Å². The number of aliphatic hydroxyl groups is 1. The van der Waals surface area contributed by atoms with Crippen LogP contribution in [-0.4, -0.2) is 49.3 Å². The second kappa shape index (κ2) is 9.09. The summed E-state index contributed by atoms with van der Waals surface area (Å²) in [6.07, 6.45) is 0. The molecule has 1 N–H and O–H groups in total. The third-order valence-electron chi connectivity index (χ3n) is 3.11. The topological polar surface area (TPSA) is 56.1 Å². The summed E-state index contributed by atoms with van der Waals surface area (Å²) in [5.41, 5.74) is 1.59. The predicted octanol–water partition coefficient (Wildman–Crippen LogP) is 2.04. The molecule has 0 aromatic heterocycles. The van der Waals surface area contributed by atoms with Crippen LogP contribution < -0.4 is 4.90 Å². The Kier molecular flexibility index (Phi) is 8.67. The first-order chi connectivity index (χ1) is 8.33. The Labute approximate surface area is 125 Å². The van der Waals surface area contributed by atoms with Gasteiger partial charge < -0.3 is 10.0 Å². The van der Waals surface area contributed by atoms with Crippen LogP contribution in [-0.2, 0) is 0 Å². The maximum absolute atomic E-state index is 10.3. The number of β-amino-alcohol motifs (C(OH)–C–C–N with tert-alkyl or cyclic N) is 1. The van der Waals surface area contributed by atoms with Gasteiger partial charge in [-0.15, -0.1) is 29.7 Å². The van der Waals surface area contributed by atoms with Gasteiger partial charge in [0, 0.05) is 38.4 Å². The van der Waals surface area contributed by atoms with Crippen molar-refractivity contribution in [1.29, 1.82) is 0 Å². The molecule has 1 aliphatic heterocycles. The highest BCUT2D eigenvalue weighted by molar-refractivity contribution is 5.85. The van der Waals surface area contributed by atoms with E-state index in [9.17, 15) is 4.91 Å². The highest BCUT2D eigenvalue weighted by Crippen LogP contribution is 2.20. The molecule has 5 nitrogen and oxygen atoms in total. The van der Waals surface area contributed by atoms with E-state index in [2.05, 4.69) is 15.0 Å². The van der Waals surface area contributed by atoms with Gasteiger partial charge in [0.2, 0.25) is 0 Å². The molecule has 1 aromatic carbocycles. The molecule has 0 saturated carbocycles. The number of hydrogen-bond acceptors (Lipinski definition) is 5. The lowest BCUT2D eigenvalue weighted by atomic mass is 10.2. The maximum atomic E-state index is 10.3. The van der Waals surface area contributed by atoms with Gasteiger partial charge in [0.05, 0.1) is 6.61 Å². The van der Waals surface area contributed by atoms with Crippen LogP contribution in [0.2, 0.25) is 0 Å². The zero-order valence-electron chi connectivity index (χ0n) is 10.6. The van der Waals surface area contributed by atoms with Crippen molar-refractivity contribution in [2.45, 2.75) is 0 Å². The monoisotopic (exact) mass is 307 g/mol. The smallest absolute Gasteiger partial charge is 0.108 e. The van der Waals surface area contributed by atoms with Gasteiger partial charge in [-0.1, -0.05) is 0 Å². The Hall–Kier alpha value is -0.880. The third kappa shape index (κ3) is 4.95. The number of anilines is 1. The predicted molar refractivity (Wildman–Crippen MR) is 82.1 cm³/mol. The standard InChI is InChI=1S/C12H17N3O2.2ClH/c16-10-9-14-5-7-15(8-6-14)12-3-1-11(13-17)2-4-12;;/h1-4,16H,5-10H2;2*1H. The van der Waals surface area contributed by atoms with Crippen molar-refractivity contribution in [1.82, 2.24) is 4.90 Å². The molecule has 0 atom stereocenters. The lowest BCUT2D eigenvalue weighted by Crippen LogP contribution is -2.47. The fourth-order valence-electron chi connectivity index (χ4n) is 2.10. The van der Waals surface area contributed by atoms with E-state index in [1.54, 1.807) is 12.1 Å². The number of hydrogen-bond donors (Lipinski definition) is 1. The SMILES string of the molecule is Cl.Cl.O=Nc1ccc(N2CCN(CCO)CC2)cc1. The number of benzene rings is 1. The van der Waals surface area contributed by atoms with E-state index >= 15 is 0 Å². The summed E-state index contributed by atoms with van der Waals surface area (Å²) < 4.78 is 0. The summed E-state index contributed by atoms with van der Waals surface area (Å²) in [5, 5.41) is 11.8. The normalized spacial score (nSPS) is 15.3. The highest BCUT2D eigenvalue weighted by atomic mass is 35.5. The maximum Gasteiger partial charge on any atom is 0.108 e. The van der Waals surface area contributed by atoms with Gasteiger partial charge in [0.25, 0.3) is 0 Å². The van der Waals surface area contributed by atoms with Gasteiger partial charge >= 0.3 is 0 Å². The van der Waals surface area contributed by atoms with Crippen LogP contribution in [0.15, 0.2) is 29.4 Å². The Morgan fingerprint density at radius 3 is 2.11 bits per heavy atom. The van der Waals surface area contributed by atoms with Crippen molar-refractivity contribution in [2.75, 3.05) is 44.2 Å². The van der Waals surface area contributed by atoms with Crippen LogP contribution >= 0.6 is 24.8 Å². The number of rotatable bonds is 4. The summed E-state index contributed by atoms with van der Waals surface area (Å²) in [6, 6.07) is 7.34. The molecule has 1 fully saturated rings. The second-order valence-electron chi connectivity index (χ2n) is 4.16. The molecular weight excluding hydrogens is 289 g/mol. The number of aliphatic hydroxyl groups excluding tert-OH is 1. The number of nitroso groups, excluding NO2 is 1.